The van der Waals surface area contributed by atoms with Crippen LogP contribution >= 0.6 is 11.6 Å². The quantitative estimate of drug-likeness (QED) is 0.288. The molecule has 2 heterocycles. The Morgan fingerprint density at radius 1 is 1.15 bits per heavy atom. The number of sulfonamides is 2. The third kappa shape index (κ3) is 5.65. The van der Waals surface area contributed by atoms with Crippen molar-refractivity contribution in [3.63, 3.8) is 0 Å². The Labute approximate surface area is 200 Å². The molecule has 2 aliphatic heterocycles. The molecule has 2 saturated heterocycles. The molecule has 0 spiro atoms. The van der Waals surface area contributed by atoms with Crippen molar-refractivity contribution in [2.45, 2.75) is 54.9 Å². The van der Waals surface area contributed by atoms with Crippen molar-refractivity contribution in [3.8, 4) is 0 Å². The van der Waals surface area contributed by atoms with Crippen LogP contribution < -0.4 is 15.6 Å². The van der Waals surface area contributed by atoms with Gasteiger partial charge in [0.1, 0.15) is 6.17 Å². The summed E-state index contributed by atoms with van der Waals surface area (Å²) in [6, 6.07) is 0.105. The standard InChI is InChI=1S/C19H33ClFN5O5S2/c1-25-9-17(22-11-25)13-5-15(18(21)16(20)6-13)19(27)23-24-32(28,29)10-12-7-26(8-12)33(30,31)14-3-2-4-14/h12-18,22,24H,2-11H2,1H3,(H,23,27). The molecule has 3 N–H and O–H groups in total. The molecular weight excluding hydrogens is 497 g/mol. The van der Waals surface area contributed by atoms with Gasteiger partial charge in [-0.25, -0.2) is 25.5 Å². The number of hydrazine groups is 1. The molecule has 0 aromatic heterocycles. The Balaban J connectivity index is 1.25. The largest absolute Gasteiger partial charge is 0.300 e. The SMILES string of the molecule is CN1CNC(C2CC(Cl)C(F)C(C(=O)NNS(=O)(=O)CC3CN(S(=O)(=O)C4CCC4)C3)C2)C1. The topological polar surface area (TPSA) is 128 Å². The molecule has 1 amide bonds. The zero-order chi connectivity index (χ0) is 24.0. The van der Waals surface area contributed by atoms with Crippen molar-refractivity contribution in [3.05, 3.63) is 0 Å². The number of alkyl halides is 2. The van der Waals surface area contributed by atoms with Gasteiger partial charge in [-0.15, -0.1) is 16.4 Å². The minimum Gasteiger partial charge on any atom is -0.300 e. The summed E-state index contributed by atoms with van der Waals surface area (Å²) in [5.74, 6) is -2.44. The van der Waals surface area contributed by atoms with Crippen molar-refractivity contribution in [1.82, 2.24) is 24.8 Å². The van der Waals surface area contributed by atoms with Gasteiger partial charge in [0.15, 0.2) is 0 Å². The molecule has 4 aliphatic rings. The summed E-state index contributed by atoms with van der Waals surface area (Å²) in [4.78, 5) is 16.8. The van der Waals surface area contributed by atoms with E-state index in [0.717, 1.165) is 13.0 Å². The predicted molar refractivity (Wildman–Crippen MR) is 122 cm³/mol. The van der Waals surface area contributed by atoms with Gasteiger partial charge in [0, 0.05) is 38.3 Å². The van der Waals surface area contributed by atoms with Crippen molar-refractivity contribution < 1.29 is 26.0 Å². The van der Waals surface area contributed by atoms with Gasteiger partial charge in [0.25, 0.3) is 0 Å². The van der Waals surface area contributed by atoms with E-state index >= 15 is 0 Å². The summed E-state index contributed by atoms with van der Waals surface area (Å²) < 4.78 is 65.5. The second kappa shape index (κ2) is 9.82. The van der Waals surface area contributed by atoms with Crippen LogP contribution in [0.1, 0.15) is 32.1 Å². The zero-order valence-electron chi connectivity index (χ0n) is 18.6. The first-order chi connectivity index (χ1) is 15.5. The van der Waals surface area contributed by atoms with Gasteiger partial charge in [-0.1, -0.05) is 6.42 Å². The molecule has 4 rings (SSSR count). The number of nitrogens with one attached hydrogen (secondary N) is 3. The number of rotatable bonds is 8. The lowest BCUT2D eigenvalue weighted by molar-refractivity contribution is -0.129. The summed E-state index contributed by atoms with van der Waals surface area (Å²) in [6.07, 6.45) is 1.38. The number of hydrogen-bond donors (Lipinski definition) is 3. The van der Waals surface area contributed by atoms with E-state index in [4.69, 9.17) is 11.6 Å². The van der Waals surface area contributed by atoms with Gasteiger partial charge in [-0.2, -0.15) is 0 Å². The van der Waals surface area contributed by atoms with E-state index in [0.29, 0.717) is 25.9 Å². The van der Waals surface area contributed by atoms with Crippen LogP contribution in [0, 0.1) is 17.8 Å². The lowest BCUT2D eigenvalue weighted by Crippen LogP contribution is -2.57. The Morgan fingerprint density at radius 2 is 1.85 bits per heavy atom. The van der Waals surface area contributed by atoms with Gasteiger partial charge >= 0.3 is 0 Å². The van der Waals surface area contributed by atoms with E-state index < -0.39 is 43.4 Å². The first-order valence-corrected chi connectivity index (χ1v) is 15.0. The van der Waals surface area contributed by atoms with E-state index in [2.05, 4.69) is 20.5 Å². The first-order valence-electron chi connectivity index (χ1n) is 11.4. The number of hydrogen-bond acceptors (Lipinski definition) is 7. The smallest absolute Gasteiger partial charge is 0.241 e. The molecule has 4 fully saturated rings. The number of nitrogens with zero attached hydrogens (tertiary/aromatic N) is 2. The molecule has 0 aromatic rings. The summed E-state index contributed by atoms with van der Waals surface area (Å²) in [7, 11) is -5.27. The fourth-order valence-electron chi connectivity index (χ4n) is 5.15. The molecule has 0 bridgehead atoms. The normalized spacial score (nSPS) is 35.2. The van der Waals surface area contributed by atoms with Crippen molar-refractivity contribution in [2.75, 3.05) is 39.1 Å². The number of halogens is 2. The Hall–Kier alpha value is -0.570. The van der Waals surface area contributed by atoms with Gasteiger partial charge in [0.2, 0.25) is 26.0 Å². The van der Waals surface area contributed by atoms with Gasteiger partial charge in [-0.05, 0) is 38.6 Å². The van der Waals surface area contributed by atoms with Crippen LogP contribution in [0.25, 0.3) is 0 Å². The molecular formula is C19H33ClFN5O5S2. The van der Waals surface area contributed by atoms with Crippen LogP contribution in [0.5, 0.6) is 0 Å². The Morgan fingerprint density at radius 3 is 2.42 bits per heavy atom. The van der Waals surface area contributed by atoms with E-state index in [-0.39, 0.29) is 48.4 Å². The maximum Gasteiger partial charge on any atom is 0.241 e. The summed E-state index contributed by atoms with van der Waals surface area (Å²) in [6.45, 7) is 1.80. The monoisotopic (exact) mass is 529 g/mol. The minimum absolute atomic E-state index is 0.00961. The zero-order valence-corrected chi connectivity index (χ0v) is 21.0. The number of amides is 1. The number of likely N-dealkylation sites (N-methyl/N-ethyl adjacent to an activating group) is 1. The van der Waals surface area contributed by atoms with Gasteiger partial charge in [-0.3, -0.25) is 20.4 Å². The molecule has 0 aromatic carbocycles. The number of carbonyl (C=O) groups excluding carboxylic acids is 1. The molecule has 14 heteroatoms. The van der Waals surface area contributed by atoms with Crippen molar-refractivity contribution in [1.29, 1.82) is 0 Å². The van der Waals surface area contributed by atoms with Gasteiger partial charge in [0.05, 0.1) is 22.3 Å². The van der Waals surface area contributed by atoms with Gasteiger partial charge < -0.3 is 0 Å². The van der Waals surface area contributed by atoms with Crippen LogP contribution in [0.15, 0.2) is 0 Å². The lowest BCUT2D eigenvalue weighted by atomic mass is 9.76. The lowest BCUT2D eigenvalue weighted by Gasteiger charge is -2.41. The van der Waals surface area contributed by atoms with E-state index in [1.807, 2.05) is 7.05 Å². The highest BCUT2D eigenvalue weighted by Gasteiger charge is 2.45. The second-order valence-electron chi connectivity index (χ2n) is 9.96. The van der Waals surface area contributed by atoms with Crippen LogP contribution in [-0.2, 0) is 24.8 Å². The third-order valence-electron chi connectivity index (χ3n) is 7.39. The van der Waals surface area contributed by atoms with Crippen LogP contribution in [0.2, 0.25) is 0 Å². The maximum atomic E-state index is 14.7. The van der Waals surface area contributed by atoms with E-state index in [1.54, 1.807) is 0 Å². The fraction of sp³-hybridized carbons (Fsp3) is 0.947. The fourth-order valence-corrected chi connectivity index (χ4v) is 8.91. The predicted octanol–water partition coefficient (Wildman–Crippen LogP) is -0.416. The van der Waals surface area contributed by atoms with Crippen molar-refractivity contribution in [2.24, 2.45) is 17.8 Å². The molecule has 2 aliphatic carbocycles. The van der Waals surface area contributed by atoms with E-state index in [9.17, 15) is 26.0 Å². The average Bonchev–Trinajstić information content (AvgIpc) is 3.09. The Kier molecular flexibility index (Phi) is 7.60. The van der Waals surface area contributed by atoms with E-state index in [1.165, 1.54) is 4.31 Å². The second-order valence-corrected chi connectivity index (χ2v) is 14.5. The van der Waals surface area contributed by atoms with Crippen molar-refractivity contribution >= 4 is 37.6 Å². The molecule has 190 valence electrons. The highest BCUT2D eigenvalue weighted by molar-refractivity contribution is 7.90. The maximum absolute atomic E-state index is 14.7. The third-order valence-corrected chi connectivity index (χ3v) is 11.5. The summed E-state index contributed by atoms with van der Waals surface area (Å²) in [5.41, 5.74) is 2.16. The van der Waals surface area contributed by atoms with Crippen LogP contribution in [-0.4, -0.2) is 93.9 Å². The average molecular weight is 530 g/mol. The molecule has 10 nitrogen and oxygen atoms in total. The summed E-state index contributed by atoms with van der Waals surface area (Å²) >= 11 is 6.20. The Bertz CT molecular complexity index is 944. The summed E-state index contributed by atoms with van der Waals surface area (Å²) in [5, 5.41) is 2.19. The molecule has 5 atom stereocenters. The highest BCUT2D eigenvalue weighted by Crippen LogP contribution is 2.37. The number of carbonyl (C=O) groups is 1. The molecule has 0 radical (unpaired) electrons. The molecule has 2 saturated carbocycles. The van der Waals surface area contributed by atoms with Crippen LogP contribution in [0.4, 0.5) is 4.39 Å². The van der Waals surface area contributed by atoms with Crippen LogP contribution in [0.3, 0.4) is 0 Å². The minimum atomic E-state index is -3.90. The first kappa shape index (κ1) is 25.5. The molecule has 33 heavy (non-hydrogen) atoms. The molecule has 5 unspecified atom stereocenters. The highest BCUT2D eigenvalue weighted by atomic mass is 35.5.